The Kier molecular flexibility index (Phi) is 26.4. The largest absolute Gasteiger partial charge is 0.497 e. The smallest absolute Gasteiger partial charge is 0.161 e. The van der Waals surface area contributed by atoms with Crippen molar-refractivity contribution in [1.29, 1.82) is 0 Å². The maximum Gasteiger partial charge on any atom is 0.161 e. The molecule has 0 bridgehead atoms. The average Bonchev–Trinajstić information content (AvgIpc) is 4.30. The highest BCUT2D eigenvalue weighted by molar-refractivity contribution is 6.08. The zero-order valence-corrected chi connectivity index (χ0v) is 51.5. The molecule has 3 aliphatic heterocycles. The van der Waals surface area contributed by atoms with Crippen molar-refractivity contribution in [3.05, 3.63) is 114 Å². The Hall–Kier alpha value is -5.29. The van der Waals surface area contributed by atoms with Gasteiger partial charge >= 0.3 is 0 Å². The van der Waals surface area contributed by atoms with Gasteiger partial charge in [-0.15, -0.1) is 0 Å². The van der Waals surface area contributed by atoms with E-state index in [9.17, 15) is 14.4 Å². The lowest BCUT2D eigenvalue weighted by molar-refractivity contribution is 0.101. The second kappa shape index (κ2) is 33.7. The molecule has 0 amide bonds. The number of ether oxygens (including phenoxy) is 1. The number of aryl methyl sites for hydroxylation is 3. The second-order valence-electron chi connectivity index (χ2n) is 24.1. The van der Waals surface area contributed by atoms with Crippen molar-refractivity contribution in [3.63, 3.8) is 0 Å². The Morgan fingerprint density at radius 3 is 1.35 bits per heavy atom. The minimum Gasteiger partial charge on any atom is -0.497 e. The van der Waals surface area contributed by atoms with Gasteiger partial charge in [-0.05, 0) is 173 Å². The summed E-state index contributed by atoms with van der Waals surface area (Å²) in [4.78, 5) is 43.7. The van der Waals surface area contributed by atoms with Crippen LogP contribution in [-0.2, 0) is 19.6 Å². The van der Waals surface area contributed by atoms with Gasteiger partial charge in [0.25, 0.3) is 0 Å². The Morgan fingerprint density at radius 2 is 0.889 bits per heavy atom. The molecule has 0 unspecified atom stereocenters. The van der Waals surface area contributed by atoms with Crippen molar-refractivity contribution >= 4 is 50.1 Å². The predicted octanol–water partition coefficient (Wildman–Crippen LogP) is 16.9. The maximum atomic E-state index is 12.0. The van der Waals surface area contributed by atoms with Gasteiger partial charge in [-0.25, -0.2) is 0 Å². The molecule has 3 aromatic carbocycles. The van der Waals surface area contributed by atoms with Gasteiger partial charge in [-0.1, -0.05) is 133 Å². The normalized spacial score (nSPS) is 15.9. The topological polar surface area (TPSA) is 84.9 Å². The number of likely N-dealkylation sites (tertiary alicyclic amines) is 3. The number of ketones is 3. The van der Waals surface area contributed by atoms with Crippen LogP contribution in [0.1, 0.15) is 207 Å². The first-order valence-corrected chi connectivity index (χ1v) is 32.2. The number of allylic oxidation sites excluding steroid dienone is 1. The third kappa shape index (κ3) is 19.1. The van der Waals surface area contributed by atoms with Crippen LogP contribution in [0.2, 0.25) is 0 Å². The first-order valence-electron chi connectivity index (χ1n) is 32.2. The molecule has 3 aromatic heterocycles. The number of Topliss-reactive ketones (excluding diaryl/α,β-unsaturated/α-hetero) is 3. The molecule has 442 valence electrons. The van der Waals surface area contributed by atoms with Gasteiger partial charge in [0, 0.05) is 101 Å². The quantitative estimate of drug-likeness (QED) is 0.0275. The van der Waals surface area contributed by atoms with Crippen LogP contribution in [0.4, 0.5) is 0 Å². The van der Waals surface area contributed by atoms with Gasteiger partial charge in [-0.3, -0.25) is 14.4 Å². The first-order chi connectivity index (χ1) is 39.5. The highest BCUT2D eigenvalue weighted by Crippen LogP contribution is 2.29. The Bertz CT molecular complexity index is 2880. The number of carbonyl (C=O) groups excluding carboxylic acids is 3. The molecule has 0 N–H and O–H groups in total. The van der Waals surface area contributed by atoms with Gasteiger partial charge in [-0.2, -0.15) is 0 Å². The molecular formula is C71H104N6O4. The Balaban J connectivity index is 0.000000175. The van der Waals surface area contributed by atoms with Crippen LogP contribution in [0.5, 0.6) is 5.75 Å². The molecule has 0 spiro atoms. The number of rotatable bonds is 28. The molecule has 6 heterocycles. The number of carbonyl (C=O) groups is 3. The third-order valence-electron chi connectivity index (χ3n) is 18.0. The lowest BCUT2D eigenvalue weighted by Gasteiger charge is -2.32. The van der Waals surface area contributed by atoms with E-state index in [0.29, 0.717) is 0 Å². The predicted molar refractivity (Wildman–Crippen MR) is 341 cm³/mol. The Morgan fingerprint density at radius 1 is 0.469 bits per heavy atom. The van der Waals surface area contributed by atoms with E-state index in [-0.39, 0.29) is 17.3 Å². The van der Waals surface area contributed by atoms with Crippen molar-refractivity contribution in [3.8, 4) is 5.75 Å². The van der Waals surface area contributed by atoms with Crippen molar-refractivity contribution < 1.29 is 19.1 Å². The average molecular weight is 1110 g/mol. The van der Waals surface area contributed by atoms with E-state index in [4.69, 9.17) is 4.74 Å². The number of piperidine rings is 3. The highest BCUT2D eigenvalue weighted by Gasteiger charge is 2.21. The summed E-state index contributed by atoms with van der Waals surface area (Å²) in [7, 11) is 1.68. The standard InChI is InChI=1S/C24H36N2O.C24H34N2O.C23H34N2O2/c2*1-3-4-5-6-10-21-13-17-25(18-14-21)15-9-16-26-19-23(20(2)27)22-11-7-8-12-24(22)26;1-4-5-7-19-10-14-24(15-11-19)12-6-13-25-17-22(18(2)26)21-9-8-20(27-3)16-23(21)25/h7-8,11-12,19,21H,3-6,9-10,13-18H2,1-2H3;7-8,10-12,19H,3-6,9,13-18H2,1-2H3;8-9,16-17,19H,4-7,10-15H2,1-3H3. The maximum absolute atomic E-state index is 12.0. The van der Waals surface area contributed by atoms with Crippen LogP contribution >= 0.6 is 0 Å². The molecule has 81 heavy (non-hydrogen) atoms. The van der Waals surface area contributed by atoms with E-state index in [2.05, 4.69) is 97.8 Å². The van der Waals surface area contributed by atoms with E-state index in [1.54, 1.807) is 33.5 Å². The number of hydrogen-bond donors (Lipinski definition) is 0. The van der Waals surface area contributed by atoms with Crippen molar-refractivity contribution in [2.45, 2.75) is 196 Å². The highest BCUT2D eigenvalue weighted by atomic mass is 16.5. The van der Waals surface area contributed by atoms with Crippen LogP contribution in [0, 0.1) is 11.8 Å². The van der Waals surface area contributed by atoms with Crippen LogP contribution in [0.25, 0.3) is 32.7 Å². The summed E-state index contributed by atoms with van der Waals surface area (Å²) in [5.74, 6) is 3.18. The van der Waals surface area contributed by atoms with Crippen LogP contribution in [0.15, 0.2) is 97.0 Å². The van der Waals surface area contributed by atoms with E-state index in [0.717, 1.165) is 108 Å². The summed E-state index contributed by atoms with van der Waals surface area (Å²) in [5.41, 5.74) is 7.65. The summed E-state index contributed by atoms with van der Waals surface area (Å²) in [6.45, 7) is 25.6. The molecule has 3 fully saturated rings. The number of fused-ring (bicyclic) bond motifs is 3. The molecule has 3 saturated heterocycles. The number of benzene rings is 3. The number of nitrogens with zero attached hydrogens (tertiary/aromatic N) is 6. The SMILES string of the molecule is CCCCC1CCN(CCCn2cc(C(C)=O)c3ccc(OC)cc32)CC1.CCCCCC=C1CCN(CCCn2cc(C(C)=O)c3ccccc32)CC1.CCCCCCC1CCN(CCCn2cc(C(C)=O)c3ccccc32)CC1. The van der Waals surface area contributed by atoms with Crippen molar-refractivity contribution in [2.75, 3.05) is 66.0 Å². The summed E-state index contributed by atoms with van der Waals surface area (Å²) in [6.07, 6.45) is 36.4. The molecular weight excluding hydrogens is 1000 g/mol. The molecule has 0 atom stereocenters. The summed E-state index contributed by atoms with van der Waals surface area (Å²) >= 11 is 0. The number of methoxy groups -OCH3 is 1. The zero-order valence-electron chi connectivity index (χ0n) is 51.5. The number of aromatic nitrogens is 3. The van der Waals surface area contributed by atoms with Crippen LogP contribution in [-0.4, -0.2) is 112 Å². The fraction of sp³-hybridized carbons (Fsp3) is 0.592. The monoisotopic (exact) mass is 1100 g/mol. The van der Waals surface area contributed by atoms with E-state index < -0.39 is 0 Å². The van der Waals surface area contributed by atoms with Gasteiger partial charge < -0.3 is 33.1 Å². The van der Waals surface area contributed by atoms with Crippen molar-refractivity contribution in [2.24, 2.45) is 11.8 Å². The van der Waals surface area contributed by atoms with Gasteiger partial charge in [0.05, 0.1) is 12.6 Å². The number of hydrogen-bond acceptors (Lipinski definition) is 7. The summed E-state index contributed by atoms with van der Waals surface area (Å²) in [5, 5.41) is 3.20. The lowest BCUT2D eigenvalue weighted by Crippen LogP contribution is -2.34. The first kappa shape index (κ1) is 63.3. The molecule has 9 rings (SSSR count). The third-order valence-corrected chi connectivity index (χ3v) is 18.0. The van der Waals surface area contributed by atoms with E-state index >= 15 is 0 Å². The second-order valence-corrected chi connectivity index (χ2v) is 24.1. The number of unbranched alkanes of at least 4 members (excludes halogenated alkanes) is 7. The van der Waals surface area contributed by atoms with Gasteiger partial charge in [0.1, 0.15) is 5.75 Å². The molecule has 10 nitrogen and oxygen atoms in total. The van der Waals surface area contributed by atoms with Crippen LogP contribution < -0.4 is 4.74 Å². The van der Waals surface area contributed by atoms with Gasteiger partial charge in [0.2, 0.25) is 0 Å². The van der Waals surface area contributed by atoms with Crippen LogP contribution in [0.3, 0.4) is 0 Å². The molecule has 0 radical (unpaired) electrons. The molecule has 0 saturated carbocycles. The fourth-order valence-corrected chi connectivity index (χ4v) is 13.0. The van der Waals surface area contributed by atoms with E-state index in [1.807, 2.05) is 42.7 Å². The molecule has 0 aliphatic carbocycles. The molecule has 6 aromatic rings. The molecule has 10 heteroatoms. The minimum atomic E-state index is 0.123. The Labute approximate surface area is 488 Å². The molecule has 3 aliphatic rings. The van der Waals surface area contributed by atoms with Gasteiger partial charge in [0.15, 0.2) is 17.3 Å². The minimum absolute atomic E-state index is 0.123. The fourth-order valence-electron chi connectivity index (χ4n) is 13.0. The summed E-state index contributed by atoms with van der Waals surface area (Å²) < 4.78 is 12.1. The van der Waals surface area contributed by atoms with Crippen molar-refractivity contribution in [1.82, 2.24) is 28.4 Å². The summed E-state index contributed by atoms with van der Waals surface area (Å²) in [6, 6.07) is 22.5. The zero-order chi connectivity index (χ0) is 57.3. The van der Waals surface area contributed by atoms with E-state index in [1.165, 1.54) is 172 Å². The number of para-hydroxylation sites is 2. The lowest BCUT2D eigenvalue weighted by atomic mass is 9.91.